The molecule has 0 aliphatic carbocycles. The van der Waals surface area contributed by atoms with Crippen molar-refractivity contribution in [1.29, 1.82) is 0 Å². The van der Waals surface area contributed by atoms with Crippen LogP contribution in [0.5, 0.6) is 11.5 Å². The van der Waals surface area contributed by atoms with Crippen LogP contribution in [0.25, 0.3) is 22.5 Å². The van der Waals surface area contributed by atoms with Gasteiger partial charge in [-0.3, -0.25) is 0 Å². The van der Waals surface area contributed by atoms with Gasteiger partial charge < -0.3 is 9.47 Å². The molecule has 1 heterocycles. The molecule has 3 rings (SSSR count). The minimum Gasteiger partial charge on any atom is -0.497 e. The van der Waals surface area contributed by atoms with Gasteiger partial charge in [0.25, 0.3) is 0 Å². The first-order chi connectivity index (χ1) is 10.8. The van der Waals surface area contributed by atoms with Gasteiger partial charge in [-0.1, -0.05) is 0 Å². The van der Waals surface area contributed by atoms with Gasteiger partial charge in [-0.2, -0.15) is 0 Å². The zero-order valence-electron chi connectivity index (χ0n) is 12.5. The third-order valence-corrected chi connectivity index (χ3v) is 3.44. The van der Waals surface area contributed by atoms with E-state index in [1.54, 1.807) is 20.5 Å². The predicted octanol–water partition coefficient (Wildman–Crippen LogP) is 3.83. The fourth-order valence-corrected chi connectivity index (χ4v) is 2.20. The predicted molar refractivity (Wildman–Crippen MR) is 86.0 cm³/mol. The van der Waals surface area contributed by atoms with Crippen LogP contribution in [0, 0.1) is 0 Å². The Balaban J connectivity index is 1.93. The molecular formula is C18H16N2O2. The average Bonchev–Trinajstić information content (AvgIpc) is 2.62. The van der Waals surface area contributed by atoms with Crippen LogP contribution in [0.4, 0.5) is 0 Å². The molecule has 22 heavy (non-hydrogen) atoms. The highest BCUT2D eigenvalue weighted by Crippen LogP contribution is 2.25. The summed E-state index contributed by atoms with van der Waals surface area (Å²) in [4.78, 5) is 8.70. The van der Waals surface area contributed by atoms with Gasteiger partial charge in [0.15, 0.2) is 0 Å². The second-order valence-electron chi connectivity index (χ2n) is 4.75. The highest BCUT2D eigenvalue weighted by atomic mass is 16.5. The molecule has 110 valence electrons. The van der Waals surface area contributed by atoms with E-state index < -0.39 is 0 Å². The van der Waals surface area contributed by atoms with Crippen LogP contribution >= 0.6 is 0 Å². The zero-order valence-corrected chi connectivity index (χ0v) is 12.5. The molecule has 4 heteroatoms. The van der Waals surface area contributed by atoms with E-state index in [0.717, 1.165) is 34.0 Å². The average molecular weight is 292 g/mol. The molecule has 0 radical (unpaired) electrons. The van der Waals surface area contributed by atoms with E-state index in [2.05, 4.69) is 9.97 Å². The summed E-state index contributed by atoms with van der Waals surface area (Å²) in [5.41, 5.74) is 3.81. The van der Waals surface area contributed by atoms with Crippen LogP contribution < -0.4 is 9.47 Å². The molecule has 4 nitrogen and oxygen atoms in total. The van der Waals surface area contributed by atoms with Crippen molar-refractivity contribution in [2.45, 2.75) is 0 Å². The Bertz CT molecular complexity index is 690. The SMILES string of the molecule is COc1ccc(-c2cc(-c3ccc(OC)cc3)ncn2)cc1. The molecule has 0 N–H and O–H groups in total. The highest BCUT2D eigenvalue weighted by Gasteiger charge is 2.05. The first kappa shape index (κ1) is 14.1. The largest absolute Gasteiger partial charge is 0.497 e. The van der Waals surface area contributed by atoms with E-state index in [0.29, 0.717) is 0 Å². The first-order valence-corrected chi connectivity index (χ1v) is 6.91. The van der Waals surface area contributed by atoms with Crippen molar-refractivity contribution < 1.29 is 9.47 Å². The number of rotatable bonds is 4. The molecule has 2 aromatic carbocycles. The van der Waals surface area contributed by atoms with E-state index in [9.17, 15) is 0 Å². The number of hydrogen-bond acceptors (Lipinski definition) is 4. The van der Waals surface area contributed by atoms with Gasteiger partial charge in [-0.15, -0.1) is 0 Å². The third-order valence-electron chi connectivity index (χ3n) is 3.44. The Labute approximate surface area is 129 Å². The Kier molecular flexibility index (Phi) is 4.01. The van der Waals surface area contributed by atoms with Gasteiger partial charge in [0, 0.05) is 11.1 Å². The molecule has 0 amide bonds. The summed E-state index contributed by atoms with van der Waals surface area (Å²) >= 11 is 0. The highest BCUT2D eigenvalue weighted by molar-refractivity contribution is 5.68. The van der Waals surface area contributed by atoms with Crippen molar-refractivity contribution >= 4 is 0 Å². The molecule has 0 saturated carbocycles. The van der Waals surface area contributed by atoms with Crippen molar-refractivity contribution in [2.75, 3.05) is 14.2 Å². The van der Waals surface area contributed by atoms with Gasteiger partial charge in [-0.25, -0.2) is 9.97 Å². The Morgan fingerprint density at radius 2 is 1.05 bits per heavy atom. The number of ether oxygens (including phenoxy) is 2. The molecular weight excluding hydrogens is 276 g/mol. The lowest BCUT2D eigenvalue weighted by atomic mass is 10.1. The number of aromatic nitrogens is 2. The van der Waals surface area contributed by atoms with Gasteiger partial charge in [0.2, 0.25) is 0 Å². The van der Waals surface area contributed by atoms with Crippen molar-refractivity contribution in [3.63, 3.8) is 0 Å². The summed E-state index contributed by atoms with van der Waals surface area (Å²) in [6.45, 7) is 0. The second-order valence-corrected chi connectivity index (χ2v) is 4.75. The van der Waals surface area contributed by atoms with Crippen LogP contribution in [0.3, 0.4) is 0 Å². The molecule has 0 bridgehead atoms. The molecule has 0 fully saturated rings. The van der Waals surface area contributed by atoms with Crippen molar-refractivity contribution in [2.24, 2.45) is 0 Å². The van der Waals surface area contributed by atoms with Crippen LogP contribution in [0.2, 0.25) is 0 Å². The Morgan fingerprint density at radius 3 is 1.41 bits per heavy atom. The summed E-state index contributed by atoms with van der Waals surface area (Å²) in [5.74, 6) is 1.65. The van der Waals surface area contributed by atoms with Gasteiger partial charge >= 0.3 is 0 Å². The molecule has 0 atom stereocenters. The monoisotopic (exact) mass is 292 g/mol. The molecule has 1 aromatic heterocycles. The number of benzene rings is 2. The van der Waals surface area contributed by atoms with Crippen molar-refractivity contribution in [3.05, 3.63) is 60.9 Å². The quantitative estimate of drug-likeness (QED) is 0.733. The van der Waals surface area contributed by atoms with E-state index in [1.165, 1.54) is 0 Å². The summed E-state index contributed by atoms with van der Waals surface area (Å²) < 4.78 is 10.4. The molecule has 3 aromatic rings. The fraction of sp³-hybridized carbons (Fsp3) is 0.111. The van der Waals surface area contributed by atoms with Crippen molar-refractivity contribution in [1.82, 2.24) is 9.97 Å². The minimum absolute atomic E-state index is 0.827. The molecule has 0 aliphatic rings. The molecule has 0 aliphatic heterocycles. The standard InChI is InChI=1S/C18H16N2O2/c1-21-15-7-3-13(4-8-15)17-11-18(20-12-19-17)14-5-9-16(22-2)10-6-14/h3-12H,1-2H3. The van der Waals surface area contributed by atoms with E-state index in [-0.39, 0.29) is 0 Å². The lowest BCUT2D eigenvalue weighted by Gasteiger charge is -2.06. The van der Waals surface area contributed by atoms with E-state index in [1.807, 2.05) is 54.6 Å². The molecule has 0 saturated heterocycles. The number of nitrogens with zero attached hydrogens (tertiary/aromatic N) is 2. The van der Waals surface area contributed by atoms with Gasteiger partial charge in [-0.05, 0) is 54.6 Å². The van der Waals surface area contributed by atoms with Crippen LogP contribution in [-0.4, -0.2) is 24.2 Å². The normalized spacial score (nSPS) is 10.3. The molecule has 0 spiro atoms. The second kappa shape index (κ2) is 6.26. The van der Waals surface area contributed by atoms with Crippen LogP contribution in [0.15, 0.2) is 60.9 Å². The lowest BCUT2D eigenvalue weighted by Crippen LogP contribution is -1.90. The van der Waals surface area contributed by atoms with E-state index in [4.69, 9.17) is 9.47 Å². The number of methoxy groups -OCH3 is 2. The summed E-state index contributed by atoms with van der Waals surface area (Å²) in [6, 6.07) is 17.6. The Hall–Kier alpha value is -2.88. The minimum atomic E-state index is 0.827. The summed E-state index contributed by atoms with van der Waals surface area (Å²) in [7, 11) is 3.31. The number of hydrogen-bond donors (Lipinski definition) is 0. The zero-order chi connectivity index (χ0) is 15.4. The van der Waals surface area contributed by atoms with Crippen LogP contribution in [-0.2, 0) is 0 Å². The topological polar surface area (TPSA) is 44.2 Å². The lowest BCUT2D eigenvalue weighted by molar-refractivity contribution is 0.415. The third kappa shape index (κ3) is 2.91. The van der Waals surface area contributed by atoms with E-state index >= 15 is 0 Å². The summed E-state index contributed by atoms with van der Waals surface area (Å²) in [6.07, 6.45) is 1.58. The smallest absolute Gasteiger partial charge is 0.118 e. The van der Waals surface area contributed by atoms with Gasteiger partial charge in [0.1, 0.15) is 17.8 Å². The van der Waals surface area contributed by atoms with Crippen LogP contribution in [0.1, 0.15) is 0 Å². The van der Waals surface area contributed by atoms with Gasteiger partial charge in [0.05, 0.1) is 25.6 Å². The van der Waals surface area contributed by atoms with Crippen molar-refractivity contribution in [3.8, 4) is 34.0 Å². The maximum absolute atomic E-state index is 5.18. The Morgan fingerprint density at radius 1 is 0.636 bits per heavy atom. The maximum Gasteiger partial charge on any atom is 0.118 e. The fourth-order valence-electron chi connectivity index (χ4n) is 2.20. The summed E-state index contributed by atoms with van der Waals surface area (Å²) in [5, 5.41) is 0. The maximum atomic E-state index is 5.18. The molecule has 0 unspecified atom stereocenters. The first-order valence-electron chi connectivity index (χ1n) is 6.91.